The summed E-state index contributed by atoms with van der Waals surface area (Å²) in [5.41, 5.74) is 0.897. The third kappa shape index (κ3) is 2.32. The summed E-state index contributed by atoms with van der Waals surface area (Å²) < 4.78 is 6.79. The Hall–Kier alpha value is -0.840. The molecule has 1 saturated heterocycles. The molecule has 1 aliphatic rings. The van der Waals surface area contributed by atoms with E-state index in [0.717, 1.165) is 46.4 Å². The van der Waals surface area contributed by atoms with Crippen molar-refractivity contribution in [3.63, 3.8) is 0 Å². The molecule has 1 fully saturated rings. The molecule has 96 valence electrons. The lowest BCUT2D eigenvalue weighted by Gasteiger charge is -2.22. The van der Waals surface area contributed by atoms with Gasteiger partial charge in [-0.15, -0.1) is 0 Å². The molecule has 0 amide bonds. The number of hydrogen-bond acceptors (Lipinski definition) is 4. The minimum Gasteiger partial charge on any atom is -0.373 e. The van der Waals surface area contributed by atoms with Gasteiger partial charge in [0, 0.05) is 13.2 Å². The smallest absolute Gasteiger partial charge is 0.183 e. The van der Waals surface area contributed by atoms with Crippen LogP contribution in [0.2, 0.25) is 5.02 Å². The van der Waals surface area contributed by atoms with E-state index in [4.69, 9.17) is 16.3 Å². The van der Waals surface area contributed by atoms with Gasteiger partial charge in [-0.1, -0.05) is 29.0 Å². The lowest BCUT2D eigenvalue weighted by atomic mass is 10.0. The van der Waals surface area contributed by atoms with Crippen LogP contribution in [0.5, 0.6) is 0 Å². The van der Waals surface area contributed by atoms with Crippen molar-refractivity contribution in [1.29, 1.82) is 0 Å². The topological polar surface area (TPSA) is 34.2 Å². The molecular weight excluding hydrogens is 268 g/mol. The number of hydrogen-bond donors (Lipinski definition) is 1. The van der Waals surface area contributed by atoms with Gasteiger partial charge in [-0.3, -0.25) is 0 Å². The molecule has 0 radical (unpaired) electrons. The highest BCUT2D eigenvalue weighted by molar-refractivity contribution is 7.22. The highest BCUT2D eigenvalue weighted by Gasteiger charge is 2.29. The zero-order valence-corrected chi connectivity index (χ0v) is 11.8. The molecule has 1 aromatic carbocycles. The van der Waals surface area contributed by atoms with Crippen LogP contribution in [0.3, 0.4) is 0 Å². The van der Waals surface area contributed by atoms with Crippen LogP contribution in [0.4, 0.5) is 5.13 Å². The van der Waals surface area contributed by atoms with Gasteiger partial charge in [0.05, 0.1) is 20.8 Å². The van der Waals surface area contributed by atoms with E-state index < -0.39 is 0 Å². The first kappa shape index (κ1) is 12.2. The molecule has 1 aliphatic heterocycles. The summed E-state index contributed by atoms with van der Waals surface area (Å²) in [6.45, 7) is 3.81. The van der Waals surface area contributed by atoms with Gasteiger partial charge < -0.3 is 10.1 Å². The number of anilines is 1. The molecular formula is C13H15ClN2OS. The molecule has 18 heavy (non-hydrogen) atoms. The number of benzene rings is 1. The van der Waals surface area contributed by atoms with Crippen molar-refractivity contribution in [2.45, 2.75) is 25.4 Å². The summed E-state index contributed by atoms with van der Waals surface area (Å²) in [5, 5.41) is 5.04. The summed E-state index contributed by atoms with van der Waals surface area (Å²) in [6.07, 6.45) is 2.25. The number of fused-ring (bicyclic) bond motifs is 1. The number of thiazole rings is 1. The van der Waals surface area contributed by atoms with E-state index in [2.05, 4.69) is 17.2 Å². The van der Waals surface area contributed by atoms with E-state index >= 15 is 0 Å². The van der Waals surface area contributed by atoms with E-state index in [9.17, 15) is 0 Å². The minimum absolute atomic E-state index is 0.0539. The number of rotatable bonds is 3. The molecule has 0 saturated carbocycles. The highest BCUT2D eigenvalue weighted by atomic mass is 35.5. The van der Waals surface area contributed by atoms with Crippen LogP contribution in [0, 0.1) is 0 Å². The van der Waals surface area contributed by atoms with Crippen molar-refractivity contribution in [1.82, 2.24) is 4.98 Å². The van der Waals surface area contributed by atoms with Crippen LogP contribution in [0.1, 0.15) is 19.8 Å². The molecule has 2 aromatic rings. The SMILES string of the molecule is CC1(CNc2nc3cccc(Cl)c3s2)CCCO1. The number of ether oxygens (including phenoxy) is 1. The lowest BCUT2D eigenvalue weighted by molar-refractivity contribution is 0.0315. The highest BCUT2D eigenvalue weighted by Crippen LogP contribution is 2.32. The van der Waals surface area contributed by atoms with Gasteiger partial charge in [-0.25, -0.2) is 4.98 Å². The Labute approximate surface area is 115 Å². The van der Waals surface area contributed by atoms with Crippen molar-refractivity contribution in [3.8, 4) is 0 Å². The van der Waals surface area contributed by atoms with Gasteiger partial charge in [0.2, 0.25) is 0 Å². The fourth-order valence-corrected chi connectivity index (χ4v) is 3.38. The summed E-state index contributed by atoms with van der Waals surface area (Å²) >= 11 is 7.74. The van der Waals surface area contributed by atoms with Gasteiger partial charge in [-0.05, 0) is 31.9 Å². The van der Waals surface area contributed by atoms with Crippen LogP contribution in [0.15, 0.2) is 18.2 Å². The van der Waals surface area contributed by atoms with Crippen LogP contribution in [-0.2, 0) is 4.74 Å². The molecule has 0 aliphatic carbocycles. The van der Waals surface area contributed by atoms with Crippen molar-refractivity contribution in [2.24, 2.45) is 0 Å². The van der Waals surface area contributed by atoms with Gasteiger partial charge in [0.25, 0.3) is 0 Å². The largest absolute Gasteiger partial charge is 0.373 e. The number of aromatic nitrogens is 1. The van der Waals surface area contributed by atoms with E-state index in [1.807, 2.05) is 18.2 Å². The van der Waals surface area contributed by atoms with Crippen molar-refractivity contribution in [2.75, 3.05) is 18.5 Å². The number of nitrogens with one attached hydrogen (secondary N) is 1. The molecule has 0 spiro atoms. The Kier molecular flexibility index (Phi) is 3.18. The van der Waals surface area contributed by atoms with Gasteiger partial charge in [-0.2, -0.15) is 0 Å². The quantitative estimate of drug-likeness (QED) is 0.926. The first-order valence-corrected chi connectivity index (χ1v) is 7.29. The van der Waals surface area contributed by atoms with Crippen LogP contribution in [-0.4, -0.2) is 23.7 Å². The number of nitrogens with zero attached hydrogens (tertiary/aromatic N) is 1. The fraction of sp³-hybridized carbons (Fsp3) is 0.462. The Balaban J connectivity index is 1.77. The third-order valence-corrected chi connectivity index (χ3v) is 4.77. The first-order chi connectivity index (χ1) is 8.66. The minimum atomic E-state index is -0.0539. The molecule has 5 heteroatoms. The van der Waals surface area contributed by atoms with Gasteiger partial charge in [0.1, 0.15) is 0 Å². The van der Waals surface area contributed by atoms with Gasteiger partial charge >= 0.3 is 0 Å². The predicted molar refractivity (Wildman–Crippen MR) is 76.7 cm³/mol. The molecule has 0 bridgehead atoms. The number of halogens is 1. The van der Waals surface area contributed by atoms with Gasteiger partial charge in [0.15, 0.2) is 5.13 Å². The first-order valence-electron chi connectivity index (χ1n) is 6.09. The summed E-state index contributed by atoms with van der Waals surface area (Å²) in [4.78, 5) is 4.53. The van der Waals surface area contributed by atoms with E-state index in [0.29, 0.717) is 0 Å². The Morgan fingerprint density at radius 2 is 2.44 bits per heavy atom. The zero-order valence-electron chi connectivity index (χ0n) is 10.2. The monoisotopic (exact) mass is 282 g/mol. The summed E-state index contributed by atoms with van der Waals surface area (Å²) in [5.74, 6) is 0. The Morgan fingerprint density at radius 3 is 3.17 bits per heavy atom. The third-order valence-electron chi connectivity index (χ3n) is 3.28. The maximum absolute atomic E-state index is 6.14. The zero-order chi connectivity index (χ0) is 12.6. The molecule has 1 atom stereocenters. The summed E-state index contributed by atoms with van der Waals surface area (Å²) in [7, 11) is 0. The van der Waals surface area contributed by atoms with E-state index in [-0.39, 0.29) is 5.60 Å². The average molecular weight is 283 g/mol. The molecule has 1 unspecified atom stereocenters. The molecule has 3 rings (SSSR count). The van der Waals surface area contributed by atoms with Crippen molar-refractivity contribution >= 4 is 38.3 Å². The molecule has 1 N–H and O–H groups in total. The predicted octanol–water partition coefficient (Wildman–Crippen LogP) is 3.93. The second-order valence-corrected chi connectivity index (χ2v) is 6.27. The standard InChI is InChI=1S/C13H15ClN2OS/c1-13(6-3-7-17-13)8-15-12-16-10-5-2-4-9(14)11(10)18-12/h2,4-5H,3,6-8H2,1H3,(H,15,16). The second-order valence-electron chi connectivity index (χ2n) is 4.86. The maximum atomic E-state index is 6.14. The molecule has 1 aromatic heterocycles. The van der Waals surface area contributed by atoms with Crippen LogP contribution < -0.4 is 5.32 Å². The Bertz CT molecular complexity index is 563. The van der Waals surface area contributed by atoms with Crippen LogP contribution >= 0.6 is 22.9 Å². The molecule has 3 nitrogen and oxygen atoms in total. The summed E-state index contributed by atoms with van der Waals surface area (Å²) in [6, 6.07) is 5.81. The second kappa shape index (κ2) is 4.68. The Morgan fingerprint density at radius 1 is 1.56 bits per heavy atom. The van der Waals surface area contributed by atoms with E-state index in [1.165, 1.54) is 0 Å². The van der Waals surface area contributed by atoms with E-state index in [1.54, 1.807) is 11.3 Å². The van der Waals surface area contributed by atoms with Crippen molar-refractivity contribution in [3.05, 3.63) is 23.2 Å². The lowest BCUT2D eigenvalue weighted by Crippen LogP contribution is -2.32. The maximum Gasteiger partial charge on any atom is 0.183 e. The van der Waals surface area contributed by atoms with Crippen LogP contribution in [0.25, 0.3) is 10.2 Å². The van der Waals surface area contributed by atoms with Crippen molar-refractivity contribution < 1.29 is 4.74 Å². The average Bonchev–Trinajstić information content (AvgIpc) is 2.94. The normalized spacial score (nSPS) is 23.7. The molecule has 2 heterocycles. The fourth-order valence-electron chi connectivity index (χ4n) is 2.23.